The highest BCUT2D eigenvalue weighted by Crippen LogP contribution is 2.31. The molecule has 3 nitrogen and oxygen atoms in total. The van der Waals surface area contributed by atoms with E-state index in [2.05, 4.69) is 23.8 Å². The lowest BCUT2D eigenvalue weighted by molar-refractivity contribution is 0.0786. The molecule has 0 fully saturated rings. The van der Waals surface area contributed by atoms with Crippen LogP contribution in [0.5, 0.6) is 0 Å². The Kier molecular flexibility index (Phi) is 4.06. The average molecular weight is 208 g/mol. The molecule has 1 N–H and O–H groups in total. The van der Waals surface area contributed by atoms with Gasteiger partial charge in [0, 0.05) is 11.6 Å². The summed E-state index contributed by atoms with van der Waals surface area (Å²) in [5, 5.41) is 0. The fraction of sp³-hybridized carbons (Fsp3) is 0.667. The molecule has 1 heterocycles. The number of imidazole rings is 1. The number of aromatic amines is 1. The minimum absolute atomic E-state index is 0.166. The van der Waals surface area contributed by atoms with E-state index >= 15 is 0 Å². The number of nitrogens with zero attached hydrogens (tertiary/aromatic N) is 1. The summed E-state index contributed by atoms with van der Waals surface area (Å²) in [7, 11) is 0. The summed E-state index contributed by atoms with van der Waals surface area (Å²) in [5.41, 5.74) is 0.320. The number of nitrogens with one attached hydrogen (secondary N) is 1. The van der Waals surface area contributed by atoms with Crippen molar-refractivity contribution in [1.82, 2.24) is 9.97 Å². The molecule has 0 aliphatic heterocycles. The highest BCUT2D eigenvalue weighted by atomic mass is 16.1. The summed E-state index contributed by atoms with van der Waals surface area (Å²) in [5.74, 6) is 0.166. The van der Waals surface area contributed by atoms with Gasteiger partial charge in [-0.2, -0.15) is 0 Å². The lowest BCUT2D eigenvalue weighted by atomic mass is 9.77. The van der Waals surface area contributed by atoms with E-state index in [-0.39, 0.29) is 11.2 Å². The first-order valence-electron chi connectivity index (χ1n) is 5.67. The lowest BCUT2D eigenvalue weighted by Gasteiger charge is -2.25. The zero-order chi connectivity index (χ0) is 11.3. The molecular formula is C12H20N2O. The molecule has 0 spiro atoms. The number of hydrogen-bond acceptors (Lipinski definition) is 2. The van der Waals surface area contributed by atoms with Gasteiger partial charge in [-0.05, 0) is 12.8 Å². The molecule has 0 saturated heterocycles. The molecule has 0 aliphatic rings. The van der Waals surface area contributed by atoms with Crippen LogP contribution in [0.15, 0.2) is 12.5 Å². The van der Waals surface area contributed by atoms with Crippen molar-refractivity contribution in [3.05, 3.63) is 18.2 Å². The summed E-state index contributed by atoms with van der Waals surface area (Å²) in [6, 6.07) is 0. The highest BCUT2D eigenvalue weighted by molar-refractivity contribution is 5.98. The maximum atomic E-state index is 12.2. The summed E-state index contributed by atoms with van der Waals surface area (Å²) in [6.45, 7) is 6.26. The third-order valence-corrected chi connectivity index (χ3v) is 3.14. The fourth-order valence-corrected chi connectivity index (χ4v) is 1.71. The number of aromatic nitrogens is 2. The van der Waals surface area contributed by atoms with Crippen molar-refractivity contribution in [2.24, 2.45) is 5.41 Å². The van der Waals surface area contributed by atoms with Crippen LogP contribution in [0.4, 0.5) is 0 Å². The molecule has 0 saturated carbocycles. The van der Waals surface area contributed by atoms with Gasteiger partial charge in [-0.3, -0.25) is 4.79 Å². The summed E-state index contributed by atoms with van der Waals surface area (Å²) in [4.78, 5) is 19.0. The quantitative estimate of drug-likeness (QED) is 0.730. The maximum Gasteiger partial charge on any atom is 0.188 e. The van der Waals surface area contributed by atoms with Crippen LogP contribution in [0, 0.1) is 5.41 Å². The van der Waals surface area contributed by atoms with Gasteiger partial charge in [-0.25, -0.2) is 4.98 Å². The molecule has 15 heavy (non-hydrogen) atoms. The molecule has 1 unspecified atom stereocenters. The van der Waals surface area contributed by atoms with Gasteiger partial charge < -0.3 is 4.98 Å². The predicted octanol–water partition coefficient (Wildman–Crippen LogP) is 3.20. The molecular weight excluding hydrogens is 188 g/mol. The Bertz CT molecular complexity index is 305. The zero-order valence-corrected chi connectivity index (χ0v) is 9.84. The van der Waals surface area contributed by atoms with Gasteiger partial charge in [-0.1, -0.05) is 33.6 Å². The number of carbonyl (C=O) groups excluding carboxylic acids is 1. The van der Waals surface area contributed by atoms with Gasteiger partial charge in [-0.15, -0.1) is 0 Å². The van der Waals surface area contributed by atoms with E-state index in [1.807, 2.05) is 6.92 Å². The number of hydrogen-bond donors (Lipinski definition) is 1. The molecule has 1 atom stereocenters. The summed E-state index contributed by atoms with van der Waals surface area (Å²) >= 11 is 0. The van der Waals surface area contributed by atoms with E-state index < -0.39 is 0 Å². The third-order valence-electron chi connectivity index (χ3n) is 3.14. The van der Waals surface area contributed by atoms with Crippen molar-refractivity contribution in [3.63, 3.8) is 0 Å². The van der Waals surface area contributed by atoms with Crippen molar-refractivity contribution in [2.45, 2.75) is 46.5 Å². The lowest BCUT2D eigenvalue weighted by Crippen LogP contribution is -2.27. The second kappa shape index (κ2) is 5.10. The Morgan fingerprint density at radius 3 is 2.73 bits per heavy atom. The van der Waals surface area contributed by atoms with Crippen molar-refractivity contribution in [1.29, 1.82) is 0 Å². The molecule has 0 bridgehead atoms. The number of unbranched alkanes of at least 4 members (excludes halogenated alkanes) is 1. The van der Waals surface area contributed by atoms with E-state index in [0.717, 1.165) is 25.7 Å². The van der Waals surface area contributed by atoms with E-state index in [4.69, 9.17) is 0 Å². The van der Waals surface area contributed by atoms with Crippen LogP contribution in [0.1, 0.15) is 56.9 Å². The molecule has 0 aliphatic carbocycles. The number of H-pyrrole nitrogens is 1. The first-order chi connectivity index (χ1) is 7.14. The predicted molar refractivity (Wildman–Crippen MR) is 60.8 cm³/mol. The summed E-state index contributed by atoms with van der Waals surface area (Å²) < 4.78 is 0. The van der Waals surface area contributed by atoms with Gasteiger partial charge in [0.1, 0.15) is 5.69 Å². The Labute approximate surface area is 91.3 Å². The van der Waals surface area contributed by atoms with Crippen LogP contribution in [-0.2, 0) is 0 Å². The standard InChI is InChI=1S/C12H20N2O/c1-4-6-7-12(3,5-2)11(15)10-8-13-9-14-10/h8-9H,4-7H2,1-3H3,(H,13,14). The second-order valence-electron chi connectivity index (χ2n) is 4.30. The number of rotatable bonds is 6. The Morgan fingerprint density at radius 2 is 2.27 bits per heavy atom. The minimum atomic E-state index is -0.245. The zero-order valence-electron chi connectivity index (χ0n) is 9.84. The number of ketones is 1. The van der Waals surface area contributed by atoms with Gasteiger partial charge in [0.05, 0.1) is 6.33 Å². The van der Waals surface area contributed by atoms with Crippen molar-refractivity contribution in [2.75, 3.05) is 0 Å². The Hall–Kier alpha value is -1.12. The highest BCUT2D eigenvalue weighted by Gasteiger charge is 2.32. The smallest absolute Gasteiger partial charge is 0.188 e. The number of carbonyl (C=O) groups is 1. The Morgan fingerprint density at radius 1 is 1.53 bits per heavy atom. The topological polar surface area (TPSA) is 45.8 Å². The molecule has 0 aromatic carbocycles. The molecule has 0 radical (unpaired) electrons. The molecule has 84 valence electrons. The molecule has 3 heteroatoms. The average Bonchev–Trinajstić information content (AvgIpc) is 2.78. The second-order valence-corrected chi connectivity index (χ2v) is 4.30. The normalized spacial score (nSPS) is 14.9. The van der Waals surface area contributed by atoms with E-state index in [1.165, 1.54) is 0 Å². The molecule has 1 aromatic rings. The molecule has 1 rings (SSSR count). The van der Waals surface area contributed by atoms with Crippen LogP contribution in [0.3, 0.4) is 0 Å². The molecule has 1 aromatic heterocycles. The fourth-order valence-electron chi connectivity index (χ4n) is 1.71. The van der Waals surface area contributed by atoms with E-state index in [1.54, 1.807) is 12.5 Å². The Balaban J connectivity index is 2.77. The van der Waals surface area contributed by atoms with Crippen LogP contribution < -0.4 is 0 Å². The largest absolute Gasteiger partial charge is 0.350 e. The van der Waals surface area contributed by atoms with Gasteiger partial charge in [0.25, 0.3) is 0 Å². The van der Waals surface area contributed by atoms with E-state index in [9.17, 15) is 4.79 Å². The van der Waals surface area contributed by atoms with Gasteiger partial charge >= 0.3 is 0 Å². The molecule has 0 amide bonds. The van der Waals surface area contributed by atoms with Crippen LogP contribution in [0.25, 0.3) is 0 Å². The van der Waals surface area contributed by atoms with Gasteiger partial charge in [0.2, 0.25) is 0 Å². The number of Topliss-reactive ketones (excluding diaryl/α,β-unsaturated/α-hetero) is 1. The van der Waals surface area contributed by atoms with Crippen molar-refractivity contribution >= 4 is 5.78 Å². The first-order valence-corrected chi connectivity index (χ1v) is 5.67. The van der Waals surface area contributed by atoms with Crippen LogP contribution in [-0.4, -0.2) is 15.8 Å². The maximum absolute atomic E-state index is 12.2. The minimum Gasteiger partial charge on any atom is -0.350 e. The first kappa shape index (κ1) is 12.0. The van der Waals surface area contributed by atoms with E-state index in [0.29, 0.717) is 5.69 Å². The van der Waals surface area contributed by atoms with Gasteiger partial charge in [0.15, 0.2) is 5.78 Å². The third kappa shape index (κ3) is 2.67. The van der Waals surface area contributed by atoms with Crippen molar-refractivity contribution < 1.29 is 4.79 Å². The van der Waals surface area contributed by atoms with Crippen molar-refractivity contribution in [3.8, 4) is 0 Å². The SMILES string of the molecule is CCCCC(C)(CC)C(=O)c1c[nH]cn1. The van der Waals surface area contributed by atoms with Crippen LogP contribution in [0.2, 0.25) is 0 Å². The summed E-state index contributed by atoms with van der Waals surface area (Å²) in [6.07, 6.45) is 7.29. The van der Waals surface area contributed by atoms with Crippen LogP contribution >= 0.6 is 0 Å². The monoisotopic (exact) mass is 208 g/mol.